The second-order valence-corrected chi connectivity index (χ2v) is 5.36. The average molecular weight is 279 g/mol. The Morgan fingerprint density at radius 1 is 1.40 bits per heavy atom. The molecule has 1 amide bonds. The van der Waals surface area contributed by atoms with Crippen molar-refractivity contribution in [3.05, 3.63) is 18.0 Å². The number of nitrogens with zero attached hydrogens (tertiary/aromatic N) is 2. The van der Waals surface area contributed by atoms with E-state index in [2.05, 4.69) is 10.4 Å². The van der Waals surface area contributed by atoms with Gasteiger partial charge in [0.1, 0.15) is 0 Å². The number of amides is 1. The van der Waals surface area contributed by atoms with E-state index in [9.17, 15) is 14.7 Å². The number of carbonyl (C=O) groups is 2. The molecular weight excluding hydrogens is 258 g/mol. The molecule has 0 spiro atoms. The molecule has 1 saturated carbocycles. The van der Waals surface area contributed by atoms with Gasteiger partial charge in [0.05, 0.1) is 17.5 Å². The zero-order chi connectivity index (χ0) is 14.5. The maximum atomic E-state index is 12.1. The summed E-state index contributed by atoms with van der Waals surface area (Å²) in [5.74, 6) is -1.90. The Labute approximate surface area is 118 Å². The van der Waals surface area contributed by atoms with E-state index in [-0.39, 0.29) is 11.8 Å². The second-order valence-electron chi connectivity index (χ2n) is 5.36. The predicted molar refractivity (Wildman–Crippen MR) is 73.0 cm³/mol. The number of aryl methyl sites for hydroxylation is 1. The zero-order valence-electron chi connectivity index (χ0n) is 11.7. The van der Waals surface area contributed by atoms with Gasteiger partial charge in [-0.2, -0.15) is 5.10 Å². The van der Waals surface area contributed by atoms with Crippen molar-refractivity contribution in [3.63, 3.8) is 0 Å². The molecule has 6 heteroatoms. The molecule has 0 aliphatic heterocycles. The van der Waals surface area contributed by atoms with E-state index in [4.69, 9.17) is 0 Å². The summed E-state index contributed by atoms with van der Waals surface area (Å²) in [6, 6.07) is 1.91. The van der Waals surface area contributed by atoms with Crippen molar-refractivity contribution in [1.29, 1.82) is 0 Å². The highest BCUT2D eigenvalue weighted by Crippen LogP contribution is 2.30. The third-order valence-corrected chi connectivity index (χ3v) is 3.87. The van der Waals surface area contributed by atoms with Gasteiger partial charge in [0.2, 0.25) is 5.91 Å². The highest BCUT2D eigenvalue weighted by Gasteiger charge is 2.35. The maximum Gasteiger partial charge on any atom is 0.307 e. The summed E-state index contributed by atoms with van der Waals surface area (Å²) in [5.41, 5.74) is 0.922. The highest BCUT2D eigenvalue weighted by atomic mass is 16.4. The lowest BCUT2D eigenvalue weighted by molar-refractivity contribution is -0.148. The number of carboxylic acids is 1. The van der Waals surface area contributed by atoms with E-state index in [0.29, 0.717) is 25.8 Å². The maximum absolute atomic E-state index is 12.1. The minimum Gasteiger partial charge on any atom is -0.481 e. The zero-order valence-corrected chi connectivity index (χ0v) is 11.7. The first-order valence-electron chi connectivity index (χ1n) is 7.07. The Hall–Kier alpha value is -1.85. The number of rotatable bonds is 5. The molecule has 1 aromatic heterocycles. The topological polar surface area (TPSA) is 84.2 Å². The molecule has 1 fully saturated rings. The van der Waals surface area contributed by atoms with Crippen molar-refractivity contribution in [1.82, 2.24) is 15.1 Å². The van der Waals surface area contributed by atoms with Crippen LogP contribution in [0.5, 0.6) is 0 Å². The molecule has 1 aliphatic rings. The molecule has 2 atom stereocenters. The third-order valence-electron chi connectivity index (χ3n) is 3.87. The van der Waals surface area contributed by atoms with Crippen molar-refractivity contribution in [3.8, 4) is 0 Å². The van der Waals surface area contributed by atoms with Gasteiger partial charge in [-0.1, -0.05) is 12.8 Å². The Balaban J connectivity index is 1.82. The first-order chi connectivity index (χ1) is 9.58. The number of aliphatic carboxylic acids is 1. The summed E-state index contributed by atoms with van der Waals surface area (Å²) in [6.07, 6.45) is 5.63. The molecule has 2 N–H and O–H groups in total. The monoisotopic (exact) mass is 279 g/mol. The first-order valence-corrected chi connectivity index (χ1v) is 7.07. The van der Waals surface area contributed by atoms with Crippen molar-refractivity contribution < 1.29 is 14.7 Å². The molecule has 0 bridgehead atoms. The van der Waals surface area contributed by atoms with Crippen LogP contribution in [0.2, 0.25) is 0 Å². The van der Waals surface area contributed by atoms with E-state index >= 15 is 0 Å². The number of carbonyl (C=O) groups excluding carboxylic acids is 1. The minimum absolute atomic E-state index is 0.131. The molecule has 2 rings (SSSR count). The molecule has 20 heavy (non-hydrogen) atoms. The third kappa shape index (κ3) is 3.59. The molecule has 1 aliphatic carbocycles. The summed E-state index contributed by atoms with van der Waals surface area (Å²) < 4.78 is 1.72. The highest BCUT2D eigenvalue weighted by molar-refractivity contribution is 5.84. The van der Waals surface area contributed by atoms with E-state index in [1.54, 1.807) is 4.68 Å². The van der Waals surface area contributed by atoms with Crippen LogP contribution < -0.4 is 5.32 Å². The van der Waals surface area contributed by atoms with Crippen LogP contribution in [-0.4, -0.2) is 33.3 Å². The Kier molecular flexibility index (Phi) is 4.76. The van der Waals surface area contributed by atoms with Gasteiger partial charge < -0.3 is 10.4 Å². The van der Waals surface area contributed by atoms with E-state index < -0.39 is 11.9 Å². The number of carboxylic acid groups (broad SMARTS) is 1. The summed E-state index contributed by atoms with van der Waals surface area (Å²) >= 11 is 0. The molecule has 0 radical (unpaired) electrons. The average Bonchev–Trinajstić information content (AvgIpc) is 2.84. The standard InChI is InChI=1S/C14H21N3O3/c1-17-9-7-10(16-17)6-8-15-13(18)11-4-2-3-5-12(11)14(19)20/h7,9,11-12H,2-6,8H2,1H3,(H,15,18)(H,19,20). The molecule has 1 aromatic rings. The van der Waals surface area contributed by atoms with Crippen LogP contribution in [0.1, 0.15) is 31.4 Å². The Bertz CT molecular complexity index is 484. The normalized spacial score (nSPS) is 22.4. The molecule has 2 unspecified atom stereocenters. The van der Waals surface area contributed by atoms with E-state index in [1.807, 2.05) is 19.3 Å². The van der Waals surface area contributed by atoms with E-state index in [1.165, 1.54) is 0 Å². The summed E-state index contributed by atoms with van der Waals surface area (Å²) in [4.78, 5) is 23.3. The molecule has 1 heterocycles. The summed E-state index contributed by atoms with van der Waals surface area (Å²) in [7, 11) is 1.85. The van der Waals surface area contributed by atoms with Gasteiger partial charge in [-0.05, 0) is 18.9 Å². The summed E-state index contributed by atoms with van der Waals surface area (Å²) in [5, 5.41) is 16.2. The summed E-state index contributed by atoms with van der Waals surface area (Å²) in [6.45, 7) is 0.499. The molecular formula is C14H21N3O3. The van der Waals surface area contributed by atoms with Crippen LogP contribution in [0.4, 0.5) is 0 Å². The lowest BCUT2D eigenvalue weighted by Crippen LogP contribution is -2.40. The van der Waals surface area contributed by atoms with Crippen LogP contribution in [0.3, 0.4) is 0 Å². The number of nitrogens with one attached hydrogen (secondary N) is 1. The lowest BCUT2D eigenvalue weighted by Gasteiger charge is -2.27. The van der Waals surface area contributed by atoms with Crippen molar-refractivity contribution in [2.24, 2.45) is 18.9 Å². The van der Waals surface area contributed by atoms with Gasteiger partial charge >= 0.3 is 5.97 Å². The Morgan fingerprint density at radius 3 is 2.70 bits per heavy atom. The van der Waals surface area contributed by atoms with Crippen molar-refractivity contribution >= 4 is 11.9 Å². The van der Waals surface area contributed by atoms with Gasteiger partial charge in [0.15, 0.2) is 0 Å². The van der Waals surface area contributed by atoms with E-state index in [0.717, 1.165) is 18.5 Å². The van der Waals surface area contributed by atoms with Gasteiger partial charge in [-0.25, -0.2) is 0 Å². The smallest absolute Gasteiger partial charge is 0.307 e. The number of hydrogen-bond acceptors (Lipinski definition) is 3. The molecule has 6 nitrogen and oxygen atoms in total. The minimum atomic E-state index is -0.852. The van der Waals surface area contributed by atoms with Gasteiger partial charge in [0.25, 0.3) is 0 Å². The fourth-order valence-corrected chi connectivity index (χ4v) is 2.78. The molecule has 110 valence electrons. The van der Waals surface area contributed by atoms with Crippen molar-refractivity contribution in [2.45, 2.75) is 32.1 Å². The molecule has 0 aromatic carbocycles. The SMILES string of the molecule is Cn1ccc(CCNC(=O)C2CCCCC2C(=O)O)n1. The van der Waals surface area contributed by atoms with Gasteiger partial charge in [-0.15, -0.1) is 0 Å². The quantitative estimate of drug-likeness (QED) is 0.841. The van der Waals surface area contributed by atoms with Gasteiger partial charge in [0, 0.05) is 26.2 Å². The van der Waals surface area contributed by atoms with Gasteiger partial charge in [-0.3, -0.25) is 14.3 Å². The second kappa shape index (κ2) is 6.54. The van der Waals surface area contributed by atoms with Crippen LogP contribution in [0.25, 0.3) is 0 Å². The van der Waals surface area contributed by atoms with Crippen molar-refractivity contribution in [2.75, 3.05) is 6.54 Å². The van der Waals surface area contributed by atoms with Crippen LogP contribution >= 0.6 is 0 Å². The number of aromatic nitrogens is 2. The molecule has 0 saturated heterocycles. The van der Waals surface area contributed by atoms with Crippen LogP contribution in [0.15, 0.2) is 12.3 Å². The lowest BCUT2D eigenvalue weighted by atomic mass is 9.78. The fourth-order valence-electron chi connectivity index (χ4n) is 2.78. The first kappa shape index (κ1) is 14.6. The Morgan fingerprint density at radius 2 is 2.10 bits per heavy atom. The largest absolute Gasteiger partial charge is 0.481 e. The predicted octanol–water partition coefficient (Wildman–Crippen LogP) is 0.970. The van der Waals surface area contributed by atoms with Crippen LogP contribution in [0, 0.1) is 11.8 Å². The van der Waals surface area contributed by atoms with Crippen LogP contribution in [-0.2, 0) is 23.1 Å². The number of hydrogen-bond donors (Lipinski definition) is 2. The fraction of sp³-hybridized carbons (Fsp3) is 0.643.